The van der Waals surface area contributed by atoms with Crippen molar-refractivity contribution in [2.24, 2.45) is 0 Å². The van der Waals surface area contributed by atoms with Crippen molar-refractivity contribution in [3.05, 3.63) is 0 Å². The molecule has 0 aliphatic heterocycles. The van der Waals surface area contributed by atoms with E-state index in [0.29, 0.717) is 9.80 Å². The zero-order valence-electron chi connectivity index (χ0n) is 19.8. The fourth-order valence-electron chi connectivity index (χ4n) is 1.63. The predicted octanol–water partition coefficient (Wildman–Crippen LogP) is -30.9. The zero-order valence-corrected chi connectivity index (χ0v) is 48.4. The van der Waals surface area contributed by atoms with E-state index < -0.39 is 68.6 Å². The molecule has 0 saturated heterocycles. The van der Waals surface area contributed by atoms with Gasteiger partial charge in [0, 0.05) is 38.2 Å². The molecular weight excluding hydrogens is 729 g/mol. The van der Waals surface area contributed by atoms with Crippen LogP contribution in [0.1, 0.15) is 0 Å². The number of rotatable bonds is 11. The Kier molecular flexibility index (Phi) is 73.0. The molecular formula is C6H12K8N2O12P4. The van der Waals surface area contributed by atoms with Crippen LogP contribution in [0.15, 0.2) is 0 Å². The van der Waals surface area contributed by atoms with E-state index in [4.69, 9.17) is 0 Å². The van der Waals surface area contributed by atoms with E-state index in [0.717, 1.165) is 0 Å². The molecule has 32 heavy (non-hydrogen) atoms. The topological polar surface area (TPSA) is 259 Å². The van der Waals surface area contributed by atoms with Crippen LogP contribution in [-0.4, -0.2) is 48.0 Å². The van der Waals surface area contributed by atoms with Crippen molar-refractivity contribution in [3.63, 3.8) is 0 Å². The Labute approximate surface area is 528 Å². The first-order valence-corrected chi connectivity index (χ1v) is 12.8. The van der Waals surface area contributed by atoms with E-state index in [-0.39, 0.29) is 411 Å². The summed E-state index contributed by atoms with van der Waals surface area (Å²) >= 11 is 0. The minimum atomic E-state index is -5.30. The summed E-state index contributed by atoms with van der Waals surface area (Å²) in [5, 5.41) is 0. The molecule has 0 fully saturated rings. The average Bonchev–Trinajstić information content (AvgIpc) is 2.16. The molecule has 0 saturated carbocycles. The summed E-state index contributed by atoms with van der Waals surface area (Å²) in [6.07, 6.45) is -5.63. The Morgan fingerprint density at radius 1 is 0.375 bits per heavy atom. The van der Waals surface area contributed by atoms with Gasteiger partial charge in [0.2, 0.25) is 0 Å². The molecule has 0 heterocycles. The average molecular weight is 741 g/mol. The van der Waals surface area contributed by atoms with Crippen LogP contribution < -0.4 is 450 Å². The largest absolute Gasteiger partial charge is 1.00 e. The third-order valence-corrected chi connectivity index (χ3v) is 5.21. The molecule has 0 aliphatic rings. The summed E-state index contributed by atoms with van der Waals surface area (Å²) < 4.78 is 42.7. The minimum Gasteiger partial charge on any atom is -0.810 e. The van der Waals surface area contributed by atoms with Crippen molar-refractivity contribution in [2.45, 2.75) is 0 Å². The first-order valence-electron chi connectivity index (χ1n) is 5.85. The SMILES string of the molecule is O=P([O-])([O-])CN(CCN(CP(=O)([O-])[O-])CP(=O)([O-])[O-])CP(=O)([O-])[O-].[K+].[K+].[K+].[K+].[K+].[K+].[K+].[K+]. The van der Waals surface area contributed by atoms with Crippen LogP contribution in [0.5, 0.6) is 0 Å². The molecule has 0 aromatic rings. The fraction of sp³-hybridized carbons (Fsp3) is 1.00. The molecule has 0 N–H and O–H groups in total. The Balaban J connectivity index is -0.0000000945. The van der Waals surface area contributed by atoms with Crippen LogP contribution in [0.4, 0.5) is 0 Å². The van der Waals surface area contributed by atoms with Gasteiger partial charge in [0.05, 0.1) is 0 Å². The van der Waals surface area contributed by atoms with Crippen molar-refractivity contribution in [1.29, 1.82) is 0 Å². The third-order valence-electron chi connectivity index (χ3n) is 2.23. The number of nitrogens with zero attached hydrogens (tertiary/aromatic N) is 2. The second-order valence-corrected chi connectivity index (χ2v) is 10.8. The number of hydrogen-bond acceptors (Lipinski definition) is 14. The van der Waals surface area contributed by atoms with E-state index in [9.17, 15) is 57.4 Å². The second kappa shape index (κ2) is 34.5. The third kappa shape index (κ3) is 53.1. The monoisotopic (exact) mass is 740 g/mol. The summed E-state index contributed by atoms with van der Waals surface area (Å²) in [4.78, 5) is 85.9. The van der Waals surface area contributed by atoms with Gasteiger partial charge in [0.1, 0.15) is 0 Å². The smallest absolute Gasteiger partial charge is 0.810 e. The maximum atomic E-state index is 10.7. The molecule has 146 valence electrons. The summed E-state index contributed by atoms with van der Waals surface area (Å²) in [6.45, 7) is -1.55. The maximum absolute atomic E-state index is 10.7. The van der Waals surface area contributed by atoms with Gasteiger partial charge in [0.25, 0.3) is 0 Å². The molecule has 0 aliphatic carbocycles. The van der Waals surface area contributed by atoms with Gasteiger partial charge in [-0.1, -0.05) is 30.4 Å². The van der Waals surface area contributed by atoms with E-state index >= 15 is 0 Å². The molecule has 0 aromatic heterocycles. The van der Waals surface area contributed by atoms with E-state index in [1.807, 2.05) is 0 Å². The van der Waals surface area contributed by atoms with Crippen LogP contribution in [0, 0.1) is 0 Å². The van der Waals surface area contributed by atoms with Gasteiger partial charge in [-0.05, 0) is 0 Å². The van der Waals surface area contributed by atoms with Gasteiger partial charge in [-0.2, -0.15) is 0 Å². The molecule has 0 unspecified atom stereocenters. The standard InChI is InChI=1S/C6H20N2O12P4.8K/c9-21(10,11)3-7(4-22(12,13)14)1-2-8(5-23(15,16)17)6-24(18,19)20;;;;;;;;/h1-6H2,(H2,9,10,11)(H2,12,13,14)(H2,15,16,17)(H2,18,19,20);;;;;;;;/q;8*+1/p-8. The molecule has 0 spiro atoms. The Bertz CT molecular complexity index is 512. The van der Waals surface area contributed by atoms with Crippen molar-refractivity contribution < 1.29 is 468 Å². The second-order valence-electron chi connectivity index (χ2n) is 4.80. The molecule has 0 amide bonds. The van der Waals surface area contributed by atoms with Gasteiger partial charge in [-0.25, -0.2) is 0 Å². The van der Waals surface area contributed by atoms with Crippen molar-refractivity contribution in [1.82, 2.24) is 9.80 Å². The number of hydrogen-bond donors (Lipinski definition) is 0. The van der Waals surface area contributed by atoms with Gasteiger partial charge >= 0.3 is 411 Å². The molecule has 14 nitrogen and oxygen atoms in total. The summed E-state index contributed by atoms with van der Waals surface area (Å²) in [7, 11) is -21.2. The van der Waals surface area contributed by atoms with Gasteiger partial charge in [-0.3, -0.25) is 9.80 Å². The Morgan fingerprint density at radius 3 is 0.594 bits per heavy atom. The summed E-state index contributed by atoms with van der Waals surface area (Å²) in [6, 6.07) is 0. The Hall–Kier alpha value is 13.6. The van der Waals surface area contributed by atoms with Crippen LogP contribution in [0.25, 0.3) is 0 Å². The summed E-state index contributed by atoms with van der Waals surface area (Å²) in [5.74, 6) is 0. The molecule has 26 heteroatoms. The molecule has 0 bridgehead atoms. The first kappa shape index (κ1) is 67.7. The zero-order chi connectivity index (χ0) is 19.4. The summed E-state index contributed by atoms with van der Waals surface area (Å²) in [5.41, 5.74) is 0. The first-order chi connectivity index (χ1) is 10.4. The molecule has 0 aromatic carbocycles. The predicted molar refractivity (Wildman–Crippen MR) is 63.3 cm³/mol. The maximum Gasteiger partial charge on any atom is 1.00 e. The Morgan fingerprint density at radius 2 is 0.500 bits per heavy atom. The van der Waals surface area contributed by atoms with Gasteiger partial charge in [0.15, 0.2) is 0 Å². The van der Waals surface area contributed by atoms with Gasteiger partial charge < -0.3 is 57.4 Å². The van der Waals surface area contributed by atoms with E-state index in [1.54, 1.807) is 0 Å². The van der Waals surface area contributed by atoms with Crippen molar-refractivity contribution in [2.75, 3.05) is 38.2 Å². The van der Waals surface area contributed by atoms with Crippen LogP contribution >= 0.6 is 30.4 Å². The van der Waals surface area contributed by atoms with Crippen LogP contribution in [0.2, 0.25) is 0 Å². The van der Waals surface area contributed by atoms with Gasteiger partial charge in [-0.15, -0.1) is 0 Å². The van der Waals surface area contributed by atoms with Crippen LogP contribution in [-0.2, 0) is 18.3 Å². The molecule has 0 atom stereocenters. The van der Waals surface area contributed by atoms with Crippen molar-refractivity contribution in [3.8, 4) is 0 Å². The molecule has 0 rings (SSSR count). The van der Waals surface area contributed by atoms with Crippen LogP contribution in [0.3, 0.4) is 0 Å². The van der Waals surface area contributed by atoms with E-state index in [2.05, 4.69) is 0 Å². The minimum absolute atomic E-state index is 0. The van der Waals surface area contributed by atoms with Crippen molar-refractivity contribution >= 4 is 30.4 Å². The quantitative estimate of drug-likeness (QED) is 0.141. The van der Waals surface area contributed by atoms with E-state index in [1.165, 1.54) is 0 Å². The fourth-order valence-corrected chi connectivity index (χ4v) is 4.88. The normalized spacial score (nSPS) is 10.9. The molecule has 0 radical (unpaired) electrons.